The van der Waals surface area contributed by atoms with E-state index in [4.69, 9.17) is 0 Å². The first-order chi connectivity index (χ1) is 8.75. The number of aromatic nitrogens is 2. The van der Waals surface area contributed by atoms with E-state index in [0.717, 1.165) is 19.4 Å². The van der Waals surface area contributed by atoms with Gasteiger partial charge in [0.2, 0.25) is 0 Å². The average Bonchev–Trinajstić information content (AvgIpc) is 3.08. The van der Waals surface area contributed by atoms with Gasteiger partial charge >= 0.3 is 0 Å². The second-order valence-corrected chi connectivity index (χ2v) is 5.40. The van der Waals surface area contributed by atoms with Gasteiger partial charge in [0.1, 0.15) is 0 Å². The molecule has 1 atom stereocenters. The number of hydrogen-bond donors (Lipinski definition) is 0. The second kappa shape index (κ2) is 4.57. The third-order valence-corrected chi connectivity index (χ3v) is 4.09. The van der Waals surface area contributed by atoms with E-state index >= 15 is 0 Å². The Morgan fingerprint density at radius 1 is 1.56 bits per heavy atom. The summed E-state index contributed by atoms with van der Waals surface area (Å²) in [5.74, 6) is 0.0943. The van der Waals surface area contributed by atoms with E-state index in [2.05, 4.69) is 21.9 Å². The predicted molar refractivity (Wildman–Crippen MR) is 70.5 cm³/mol. The van der Waals surface area contributed by atoms with E-state index in [9.17, 15) is 4.79 Å². The molecule has 3 heterocycles. The summed E-state index contributed by atoms with van der Waals surface area (Å²) in [6.45, 7) is 0.842. The van der Waals surface area contributed by atoms with Crippen molar-refractivity contribution in [2.24, 2.45) is 7.05 Å². The zero-order chi connectivity index (χ0) is 12.5. The van der Waals surface area contributed by atoms with Crippen molar-refractivity contribution in [3.8, 4) is 0 Å². The van der Waals surface area contributed by atoms with Crippen LogP contribution in [0.1, 0.15) is 34.8 Å². The summed E-state index contributed by atoms with van der Waals surface area (Å²) in [6.07, 6.45) is 5.56. The summed E-state index contributed by atoms with van der Waals surface area (Å²) in [5, 5.41) is 8.28. The van der Waals surface area contributed by atoms with Gasteiger partial charge in [-0.25, -0.2) is 0 Å². The van der Waals surface area contributed by atoms with Crippen molar-refractivity contribution in [1.29, 1.82) is 0 Å². The molecule has 0 unspecified atom stereocenters. The van der Waals surface area contributed by atoms with Gasteiger partial charge in [0, 0.05) is 19.8 Å². The number of thiophene rings is 1. The molecule has 0 aromatic carbocycles. The fourth-order valence-electron chi connectivity index (χ4n) is 2.52. The molecule has 18 heavy (non-hydrogen) atoms. The molecule has 2 aromatic rings. The minimum Gasteiger partial charge on any atom is -0.331 e. The fourth-order valence-corrected chi connectivity index (χ4v) is 3.23. The maximum absolute atomic E-state index is 12.4. The molecule has 0 bridgehead atoms. The molecule has 0 saturated carbocycles. The molecule has 1 amide bonds. The molecular weight excluding hydrogens is 246 g/mol. The van der Waals surface area contributed by atoms with Crippen molar-refractivity contribution in [3.63, 3.8) is 0 Å². The van der Waals surface area contributed by atoms with Crippen molar-refractivity contribution in [1.82, 2.24) is 14.7 Å². The minimum absolute atomic E-state index is 0.0943. The molecule has 0 spiro atoms. The highest BCUT2D eigenvalue weighted by atomic mass is 32.1. The summed E-state index contributed by atoms with van der Waals surface area (Å²) < 4.78 is 1.67. The van der Waals surface area contributed by atoms with Crippen molar-refractivity contribution >= 4 is 17.2 Å². The highest BCUT2D eigenvalue weighted by Crippen LogP contribution is 2.33. The predicted octanol–water partition coefficient (Wildman–Crippen LogP) is 2.46. The first-order valence-electron chi connectivity index (χ1n) is 6.07. The Balaban J connectivity index is 1.85. The first kappa shape index (κ1) is 11.5. The molecule has 0 radical (unpaired) electrons. The minimum atomic E-state index is 0.0943. The monoisotopic (exact) mass is 261 g/mol. The van der Waals surface area contributed by atoms with E-state index in [1.165, 1.54) is 5.56 Å². The van der Waals surface area contributed by atoms with Crippen LogP contribution in [0.25, 0.3) is 0 Å². The maximum atomic E-state index is 12.4. The highest BCUT2D eigenvalue weighted by Gasteiger charge is 2.31. The lowest BCUT2D eigenvalue weighted by Crippen LogP contribution is -2.30. The van der Waals surface area contributed by atoms with Crippen molar-refractivity contribution in [3.05, 3.63) is 40.3 Å². The molecule has 94 valence electrons. The molecule has 4 nitrogen and oxygen atoms in total. The van der Waals surface area contributed by atoms with Gasteiger partial charge in [-0.2, -0.15) is 16.4 Å². The van der Waals surface area contributed by atoms with Crippen LogP contribution in [0.3, 0.4) is 0 Å². The van der Waals surface area contributed by atoms with Crippen LogP contribution in [-0.4, -0.2) is 27.1 Å². The van der Waals surface area contributed by atoms with Gasteiger partial charge in [-0.1, -0.05) is 0 Å². The topological polar surface area (TPSA) is 38.1 Å². The normalized spacial score (nSPS) is 19.4. The van der Waals surface area contributed by atoms with E-state index in [-0.39, 0.29) is 11.9 Å². The first-order valence-corrected chi connectivity index (χ1v) is 7.01. The Kier molecular flexibility index (Phi) is 2.91. The van der Waals surface area contributed by atoms with Gasteiger partial charge in [0.15, 0.2) is 0 Å². The van der Waals surface area contributed by atoms with Crippen LogP contribution in [0.15, 0.2) is 29.2 Å². The number of amides is 1. The van der Waals surface area contributed by atoms with Crippen LogP contribution in [0.4, 0.5) is 0 Å². The molecule has 1 saturated heterocycles. The van der Waals surface area contributed by atoms with Crippen LogP contribution in [0.2, 0.25) is 0 Å². The molecular formula is C13H15N3OS. The summed E-state index contributed by atoms with van der Waals surface area (Å²) in [6, 6.07) is 2.36. The largest absolute Gasteiger partial charge is 0.331 e. The molecule has 3 rings (SSSR count). The van der Waals surface area contributed by atoms with Gasteiger partial charge in [-0.3, -0.25) is 9.48 Å². The lowest BCUT2D eigenvalue weighted by atomic mass is 10.1. The van der Waals surface area contributed by atoms with Crippen LogP contribution < -0.4 is 0 Å². The average molecular weight is 261 g/mol. The summed E-state index contributed by atoms with van der Waals surface area (Å²) in [7, 11) is 1.83. The van der Waals surface area contributed by atoms with Crippen LogP contribution in [0.5, 0.6) is 0 Å². The van der Waals surface area contributed by atoms with E-state index in [0.29, 0.717) is 5.56 Å². The Hall–Kier alpha value is -1.62. The summed E-state index contributed by atoms with van der Waals surface area (Å²) in [4.78, 5) is 14.4. The standard InChI is InChI=1S/C13H15N3OS/c1-15-8-11(7-14-15)13(17)16-5-2-3-12(16)10-4-6-18-9-10/h4,6-9,12H,2-3,5H2,1H3/t12-/m0/s1. The smallest absolute Gasteiger partial charge is 0.257 e. The van der Waals surface area contributed by atoms with E-state index in [1.54, 1.807) is 28.4 Å². The Morgan fingerprint density at radius 3 is 3.11 bits per heavy atom. The zero-order valence-corrected chi connectivity index (χ0v) is 11.1. The van der Waals surface area contributed by atoms with Gasteiger partial charge < -0.3 is 4.90 Å². The summed E-state index contributed by atoms with van der Waals surface area (Å²) in [5.41, 5.74) is 1.94. The molecule has 2 aromatic heterocycles. The quantitative estimate of drug-likeness (QED) is 0.833. The van der Waals surface area contributed by atoms with Gasteiger partial charge in [-0.15, -0.1) is 0 Å². The van der Waals surface area contributed by atoms with Crippen LogP contribution >= 0.6 is 11.3 Å². The lowest BCUT2D eigenvalue weighted by molar-refractivity contribution is 0.0736. The van der Waals surface area contributed by atoms with E-state index < -0.39 is 0 Å². The maximum Gasteiger partial charge on any atom is 0.257 e. The van der Waals surface area contributed by atoms with Crippen molar-refractivity contribution in [2.75, 3.05) is 6.54 Å². The van der Waals surface area contributed by atoms with Crippen LogP contribution in [0, 0.1) is 0 Å². The number of rotatable bonds is 2. The third kappa shape index (κ3) is 1.95. The Morgan fingerprint density at radius 2 is 2.44 bits per heavy atom. The van der Waals surface area contributed by atoms with E-state index in [1.807, 2.05) is 11.9 Å². The number of nitrogens with zero attached hydrogens (tertiary/aromatic N) is 3. The van der Waals surface area contributed by atoms with Crippen molar-refractivity contribution < 1.29 is 4.79 Å². The van der Waals surface area contributed by atoms with Crippen molar-refractivity contribution in [2.45, 2.75) is 18.9 Å². The Bertz CT molecular complexity index is 546. The van der Waals surface area contributed by atoms with Gasteiger partial charge in [-0.05, 0) is 35.2 Å². The third-order valence-electron chi connectivity index (χ3n) is 3.39. The molecule has 1 aliphatic rings. The molecule has 0 aliphatic carbocycles. The Labute approximate surface area is 110 Å². The van der Waals surface area contributed by atoms with Gasteiger partial charge in [0.25, 0.3) is 5.91 Å². The molecule has 1 fully saturated rings. The zero-order valence-electron chi connectivity index (χ0n) is 10.2. The van der Waals surface area contributed by atoms with Crippen LogP contribution in [-0.2, 0) is 7.05 Å². The highest BCUT2D eigenvalue weighted by molar-refractivity contribution is 7.07. The van der Waals surface area contributed by atoms with Gasteiger partial charge in [0.05, 0.1) is 17.8 Å². The number of aryl methyl sites for hydroxylation is 1. The SMILES string of the molecule is Cn1cc(C(=O)N2CCC[C@H]2c2ccsc2)cn1. The number of likely N-dealkylation sites (tertiary alicyclic amines) is 1. The molecule has 0 N–H and O–H groups in total. The second-order valence-electron chi connectivity index (χ2n) is 4.62. The number of hydrogen-bond acceptors (Lipinski definition) is 3. The molecule has 5 heteroatoms. The fraction of sp³-hybridized carbons (Fsp3) is 0.385. The summed E-state index contributed by atoms with van der Waals surface area (Å²) >= 11 is 1.69. The molecule has 1 aliphatic heterocycles. The lowest BCUT2D eigenvalue weighted by Gasteiger charge is -2.23. The number of carbonyl (C=O) groups is 1. The number of carbonyl (C=O) groups excluding carboxylic acids is 1.